The van der Waals surface area contributed by atoms with Gasteiger partial charge in [-0.2, -0.15) is 13.2 Å². The lowest BCUT2D eigenvalue weighted by Gasteiger charge is -2.15. The number of carbonyl (C=O) groups is 2. The molecular formula is C17H9Cl2F5N2O2. The van der Waals surface area contributed by atoms with E-state index in [-0.39, 0.29) is 15.7 Å². The first kappa shape index (κ1) is 20.3. The monoisotopic (exact) mass is 438 g/mol. The average Bonchev–Trinajstić information content (AvgIpc) is 2.83. The normalized spacial score (nSPS) is 17.2. The second-order valence-corrected chi connectivity index (χ2v) is 6.78. The van der Waals surface area contributed by atoms with Gasteiger partial charge in [0.2, 0.25) is 0 Å². The molecule has 1 saturated heterocycles. The summed E-state index contributed by atoms with van der Waals surface area (Å²) < 4.78 is 65.7. The molecule has 1 heterocycles. The summed E-state index contributed by atoms with van der Waals surface area (Å²) in [4.78, 5) is 25.4. The SMILES string of the molecule is O=C1NC(Cc2ccc(C(F)(F)F)c(F)c2F)C(=O)N1c1cc(Cl)cc(Cl)c1. The standard InChI is InChI=1S/C17H9Cl2F5N2O2/c18-8-4-9(19)6-10(5-8)26-15(27)12(25-16(26)28)3-7-1-2-11(17(22,23)24)14(21)13(7)20/h1-2,4-6,12H,3H2,(H,25,28). The Balaban J connectivity index is 1.88. The molecule has 2 aromatic rings. The average molecular weight is 439 g/mol. The minimum atomic E-state index is -5.07. The third-order valence-electron chi connectivity index (χ3n) is 4.02. The molecule has 0 saturated carbocycles. The van der Waals surface area contributed by atoms with Crippen molar-refractivity contribution in [2.45, 2.75) is 18.6 Å². The molecule has 1 atom stereocenters. The molecule has 3 amide bonds. The number of imide groups is 1. The van der Waals surface area contributed by atoms with Gasteiger partial charge in [-0.1, -0.05) is 29.3 Å². The van der Waals surface area contributed by atoms with Gasteiger partial charge < -0.3 is 5.32 Å². The van der Waals surface area contributed by atoms with Crippen LogP contribution in [0.25, 0.3) is 0 Å². The van der Waals surface area contributed by atoms with E-state index in [1.807, 2.05) is 0 Å². The molecule has 0 aliphatic carbocycles. The zero-order valence-corrected chi connectivity index (χ0v) is 15.1. The number of nitrogens with zero attached hydrogens (tertiary/aromatic N) is 1. The van der Waals surface area contributed by atoms with Crippen molar-refractivity contribution in [3.63, 3.8) is 0 Å². The Labute approximate surface area is 164 Å². The van der Waals surface area contributed by atoms with Gasteiger partial charge in [0.15, 0.2) is 11.6 Å². The predicted octanol–water partition coefficient (Wildman–Crippen LogP) is 4.96. The maximum absolute atomic E-state index is 14.0. The van der Waals surface area contributed by atoms with Crippen LogP contribution in [0.15, 0.2) is 30.3 Å². The number of anilines is 1. The highest BCUT2D eigenvalue weighted by atomic mass is 35.5. The molecule has 4 nitrogen and oxygen atoms in total. The summed E-state index contributed by atoms with van der Waals surface area (Å²) in [5, 5.41) is 2.58. The lowest BCUT2D eigenvalue weighted by molar-refractivity contribution is -0.140. The largest absolute Gasteiger partial charge is 0.419 e. The molecule has 0 spiro atoms. The van der Waals surface area contributed by atoms with Crippen LogP contribution in [0, 0.1) is 11.6 Å². The number of hydrogen-bond donors (Lipinski definition) is 1. The van der Waals surface area contributed by atoms with Gasteiger partial charge in [-0.05, 0) is 29.8 Å². The predicted molar refractivity (Wildman–Crippen MR) is 91.3 cm³/mol. The number of benzene rings is 2. The van der Waals surface area contributed by atoms with E-state index < -0.39 is 53.3 Å². The van der Waals surface area contributed by atoms with Gasteiger partial charge in [0.05, 0.1) is 11.3 Å². The van der Waals surface area contributed by atoms with Crippen molar-refractivity contribution >= 4 is 40.8 Å². The van der Waals surface area contributed by atoms with Crippen LogP contribution in [0.1, 0.15) is 11.1 Å². The van der Waals surface area contributed by atoms with Crippen LogP contribution in [-0.4, -0.2) is 18.0 Å². The van der Waals surface area contributed by atoms with Crippen LogP contribution in [0.4, 0.5) is 32.4 Å². The van der Waals surface area contributed by atoms with Crippen LogP contribution in [0.3, 0.4) is 0 Å². The number of hydrogen-bond acceptors (Lipinski definition) is 2. The molecule has 2 aromatic carbocycles. The van der Waals surface area contributed by atoms with Gasteiger partial charge in [0.1, 0.15) is 6.04 Å². The second-order valence-electron chi connectivity index (χ2n) is 5.91. The summed E-state index contributed by atoms with van der Waals surface area (Å²) in [7, 11) is 0. The topological polar surface area (TPSA) is 49.4 Å². The maximum Gasteiger partial charge on any atom is 0.419 e. The highest BCUT2D eigenvalue weighted by Gasteiger charge is 2.41. The van der Waals surface area contributed by atoms with E-state index in [0.717, 1.165) is 6.07 Å². The molecular weight excluding hydrogens is 430 g/mol. The van der Waals surface area contributed by atoms with Gasteiger partial charge in [0, 0.05) is 16.5 Å². The van der Waals surface area contributed by atoms with Gasteiger partial charge in [-0.3, -0.25) is 4.79 Å². The third-order valence-corrected chi connectivity index (χ3v) is 4.45. The summed E-state index contributed by atoms with van der Waals surface area (Å²) in [6.45, 7) is 0. The first-order chi connectivity index (χ1) is 13.0. The Kier molecular flexibility index (Phi) is 5.24. The fourth-order valence-electron chi connectivity index (χ4n) is 2.77. The number of urea groups is 1. The molecule has 1 unspecified atom stereocenters. The molecule has 1 aliphatic rings. The fraction of sp³-hybridized carbons (Fsp3) is 0.176. The van der Waals surface area contributed by atoms with Crippen molar-refractivity contribution in [2.24, 2.45) is 0 Å². The minimum Gasteiger partial charge on any atom is -0.325 e. The van der Waals surface area contributed by atoms with Crippen LogP contribution in [0.2, 0.25) is 10.0 Å². The van der Waals surface area contributed by atoms with E-state index in [1.165, 1.54) is 18.2 Å². The van der Waals surface area contributed by atoms with Gasteiger partial charge in [-0.15, -0.1) is 0 Å². The number of alkyl halides is 3. The van der Waals surface area contributed by atoms with Crippen molar-refractivity contribution in [1.29, 1.82) is 0 Å². The number of nitrogens with one attached hydrogen (secondary N) is 1. The van der Waals surface area contributed by atoms with Gasteiger partial charge >= 0.3 is 12.2 Å². The van der Waals surface area contributed by atoms with Crippen LogP contribution in [0.5, 0.6) is 0 Å². The highest BCUT2D eigenvalue weighted by Crippen LogP contribution is 2.34. The molecule has 0 bridgehead atoms. The number of rotatable bonds is 3. The van der Waals surface area contributed by atoms with E-state index in [4.69, 9.17) is 23.2 Å². The molecule has 3 rings (SSSR count). The van der Waals surface area contributed by atoms with Gasteiger partial charge in [0.25, 0.3) is 5.91 Å². The lowest BCUT2D eigenvalue weighted by atomic mass is 10.0. The lowest BCUT2D eigenvalue weighted by Crippen LogP contribution is -2.32. The first-order valence-corrected chi connectivity index (χ1v) is 8.39. The Hall–Kier alpha value is -2.39. The second kappa shape index (κ2) is 7.21. The molecule has 0 radical (unpaired) electrons. The molecule has 1 N–H and O–H groups in total. The van der Waals surface area contributed by atoms with Crippen molar-refractivity contribution in [2.75, 3.05) is 4.90 Å². The molecule has 148 valence electrons. The maximum atomic E-state index is 14.0. The van der Waals surface area contributed by atoms with E-state index in [2.05, 4.69) is 5.32 Å². The Morgan fingerprint density at radius 2 is 1.61 bits per heavy atom. The fourth-order valence-corrected chi connectivity index (χ4v) is 3.28. The van der Waals surface area contributed by atoms with Crippen LogP contribution in [-0.2, 0) is 17.4 Å². The third kappa shape index (κ3) is 3.77. The molecule has 28 heavy (non-hydrogen) atoms. The summed E-state index contributed by atoms with van der Waals surface area (Å²) in [6.07, 6.45) is -5.61. The highest BCUT2D eigenvalue weighted by molar-refractivity contribution is 6.35. The van der Waals surface area contributed by atoms with Crippen molar-refractivity contribution < 1.29 is 31.5 Å². The summed E-state index contributed by atoms with van der Waals surface area (Å²) in [5.41, 5.74) is -2.19. The zero-order valence-electron chi connectivity index (χ0n) is 13.6. The molecule has 0 aromatic heterocycles. The van der Waals surface area contributed by atoms with Crippen molar-refractivity contribution in [1.82, 2.24) is 5.32 Å². The van der Waals surface area contributed by atoms with E-state index >= 15 is 0 Å². The van der Waals surface area contributed by atoms with Crippen molar-refractivity contribution in [3.8, 4) is 0 Å². The molecule has 11 heteroatoms. The zero-order chi connectivity index (χ0) is 20.8. The van der Waals surface area contributed by atoms with Gasteiger partial charge in [-0.25, -0.2) is 18.5 Å². The Morgan fingerprint density at radius 1 is 1.00 bits per heavy atom. The first-order valence-electron chi connectivity index (χ1n) is 7.63. The molecule has 1 fully saturated rings. The summed E-state index contributed by atoms with van der Waals surface area (Å²) in [6, 6.07) is 2.90. The number of carbonyl (C=O) groups excluding carboxylic acids is 2. The van der Waals surface area contributed by atoms with Crippen LogP contribution < -0.4 is 10.2 Å². The van der Waals surface area contributed by atoms with Crippen molar-refractivity contribution in [3.05, 3.63) is 63.1 Å². The summed E-state index contributed by atoms with van der Waals surface area (Å²) >= 11 is 11.7. The Morgan fingerprint density at radius 3 is 2.18 bits per heavy atom. The minimum absolute atomic E-state index is 0.0570. The number of halogens is 7. The number of amides is 3. The summed E-state index contributed by atoms with van der Waals surface area (Å²) in [5.74, 6) is -4.62. The quantitative estimate of drug-likeness (QED) is 0.543. The van der Waals surface area contributed by atoms with E-state index in [9.17, 15) is 31.5 Å². The Bertz CT molecular complexity index is 961. The van der Waals surface area contributed by atoms with Crippen LogP contribution >= 0.6 is 23.2 Å². The van der Waals surface area contributed by atoms with E-state index in [0.29, 0.717) is 11.0 Å². The smallest absolute Gasteiger partial charge is 0.325 e. The molecule has 1 aliphatic heterocycles. The van der Waals surface area contributed by atoms with E-state index in [1.54, 1.807) is 0 Å².